The number of nitrogens with one attached hydrogen (secondary N) is 1. The van der Waals surface area contributed by atoms with Crippen molar-refractivity contribution in [3.63, 3.8) is 0 Å². The summed E-state index contributed by atoms with van der Waals surface area (Å²) in [7, 11) is 0. The number of pyridine rings is 1. The highest BCUT2D eigenvalue weighted by molar-refractivity contribution is 6.32. The lowest BCUT2D eigenvalue weighted by molar-refractivity contribution is 0.0696. The van der Waals surface area contributed by atoms with Crippen molar-refractivity contribution in [1.82, 2.24) is 10.3 Å². The van der Waals surface area contributed by atoms with Gasteiger partial charge in [0.25, 0.3) is 0 Å². The summed E-state index contributed by atoms with van der Waals surface area (Å²) in [6.45, 7) is 1.69. The molecular formula is C11H11ClN2O2. The third-order valence-corrected chi connectivity index (χ3v) is 2.74. The second kappa shape index (κ2) is 4.63. The minimum absolute atomic E-state index is 0.114. The molecule has 0 fully saturated rings. The Hall–Kier alpha value is -1.39. The van der Waals surface area contributed by atoms with Gasteiger partial charge in [-0.05, 0) is 24.6 Å². The monoisotopic (exact) mass is 238 g/mol. The molecule has 1 aromatic heterocycles. The molecule has 5 heteroatoms. The van der Waals surface area contributed by atoms with Crippen molar-refractivity contribution in [2.24, 2.45) is 0 Å². The van der Waals surface area contributed by atoms with Crippen LogP contribution in [0, 0.1) is 0 Å². The normalized spacial score (nSPS) is 15.7. The third-order valence-electron chi connectivity index (χ3n) is 2.46. The highest BCUT2D eigenvalue weighted by atomic mass is 35.5. The van der Waals surface area contributed by atoms with Crippen LogP contribution >= 0.6 is 11.6 Å². The van der Waals surface area contributed by atoms with E-state index in [2.05, 4.69) is 10.3 Å². The van der Waals surface area contributed by atoms with Gasteiger partial charge in [0.2, 0.25) is 0 Å². The van der Waals surface area contributed by atoms with Crippen LogP contribution in [0.25, 0.3) is 5.57 Å². The number of rotatable bonds is 2. The first-order chi connectivity index (χ1) is 7.68. The Labute approximate surface area is 98.0 Å². The van der Waals surface area contributed by atoms with Gasteiger partial charge >= 0.3 is 5.97 Å². The zero-order chi connectivity index (χ0) is 11.5. The molecule has 4 nitrogen and oxygen atoms in total. The average molecular weight is 239 g/mol. The molecule has 84 valence electrons. The first-order valence-corrected chi connectivity index (χ1v) is 5.35. The Kier molecular flexibility index (Phi) is 3.22. The van der Waals surface area contributed by atoms with Crippen LogP contribution in [0.4, 0.5) is 0 Å². The topological polar surface area (TPSA) is 62.2 Å². The molecule has 0 bridgehead atoms. The van der Waals surface area contributed by atoms with Gasteiger partial charge in [0, 0.05) is 12.7 Å². The molecule has 16 heavy (non-hydrogen) atoms. The van der Waals surface area contributed by atoms with E-state index in [9.17, 15) is 4.79 Å². The van der Waals surface area contributed by atoms with E-state index < -0.39 is 5.97 Å². The minimum Gasteiger partial charge on any atom is -0.478 e. The fourth-order valence-electron chi connectivity index (χ4n) is 1.63. The predicted octanol–water partition coefficient (Wildman–Crippen LogP) is 1.81. The van der Waals surface area contributed by atoms with Crippen LogP contribution in [-0.4, -0.2) is 29.1 Å². The van der Waals surface area contributed by atoms with Crippen molar-refractivity contribution in [2.75, 3.05) is 13.1 Å². The second-order valence-electron chi connectivity index (χ2n) is 3.54. The molecule has 0 saturated heterocycles. The summed E-state index contributed by atoms with van der Waals surface area (Å²) < 4.78 is 0. The van der Waals surface area contributed by atoms with E-state index in [1.807, 2.05) is 6.08 Å². The van der Waals surface area contributed by atoms with Gasteiger partial charge in [-0.1, -0.05) is 17.7 Å². The zero-order valence-electron chi connectivity index (χ0n) is 8.53. The van der Waals surface area contributed by atoms with Crippen LogP contribution in [0.1, 0.15) is 22.5 Å². The highest BCUT2D eigenvalue weighted by Crippen LogP contribution is 2.25. The van der Waals surface area contributed by atoms with Gasteiger partial charge in [-0.25, -0.2) is 4.79 Å². The summed E-state index contributed by atoms with van der Waals surface area (Å²) in [6, 6.07) is 1.44. The Morgan fingerprint density at radius 3 is 2.94 bits per heavy atom. The molecule has 0 amide bonds. The summed E-state index contributed by atoms with van der Waals surface area (Å²) in [5.74, 6) is -1.01. The molecule has 1 aliphatic rings. The Balaban J connectivity index is 2.35. The average Bonchev–Trinajstić information content (AvgIpc) is 2.30. The molecule has 0 unspecified atom stereocenters. The minimum atomic E-state index is -1.01. The van der Waals surface area contributed by atoms with E-state index >= 15 is 0 Å². The lowest BCUT2D eigenvalue weighted by Gasteiger charge is -2.14. The summed E-state index contributed by atoms with van der Waals surface area (Å²) >= 11 is 6.02. The lowest BCUT2D eigenvalue weighted by Crippen LogP contribution is -2.20. The van der Waals surface area contributed by atoms with Gasteiger partial charge in [-0.15, -0.1) is 0 Å². The van der Waals surface area contributed by atoms with Gasteiger partial charge in [0.15, 0.2) is 0 Å². The second-order valence-corrected chi connectivity index (χ2v) is 3.95. The van der Waals surface area contributed by atoms with Crippen molar-refractivity contribution in [3.8, 4) is 0 Å². The maximum absolute atomic E-state index is 10.7. The molecule has 0 radical (unpaired) electrons. The van der Waals surface area contributed by atoms with Crippen LogP contribution in [0.2, 0.25) is 5.02 Å². The molecule has 0 aliphatic carbocycles. The number of carboxylic acid groups (broad SMARTS) is 1. The largest absolute Gasteiger partial charge is 0.478 e. The first kappa shape index (κ1) is 11.1. The van der Waals surface area contributed by atoms with Gasteiger partial charge in [0.1, 0.15) is 0 Å². The molecule has 0 atom stereocenters. The number of hydrogen-bond acceptors (Lipinski definition) is 3. The molecule has 1 aliphatic heterocycles. The predicted molar refractivity (Wildman–Crippen MR) is 61.7 cm³/mol. The van der Waals surface area contributed by atoms with Crippen molar-refractivity contribution in [3.05, 3.63) is 34.6 Å². The van der Waals surface area contributed by atoms with E-state index in [0.29, 0.717) is 10.7 Å². The summed E-state index contributed by atoms with van der Waals surface area (Å²) in [5.41, 5.74) is 1.87. The molecule has 1 aromatic rings. The number of carboxylic acids is 1. The molecule has 0 spiro atoms. The quantitative estimate of drug-likeness (QED) is 0.825. The summed E-state index contributed by atoms with van der Waals surface area (Å²) in [6.07, 6.45) is 4.23. The molecule has 2 rings (SSSR count). The number of hydrogen-bond donors (Lipinski definition) is 2. The fourth-order valence-corrected chi connectivity index (χ4v) is 1.92. The molecule has 2 N–H and O–H groups in total. The summed E-state index contributed by atoms with van der Waals surface area (Å²) in [4.78, 5) is 14.8. The number of nitrogens with zero attached hydrogens (tertiary/aromatic N) is 1. The number of halogens is 1. The Morgan fingerprint density at radius 2 is 2.38 bits per heavy atom. The van der Waals surface area contributed by atoms with Crippen LogP contribution in [-0.2, 0) is 0 Å². The highest BCUT2D eigenvalue weighted by Gasteiger charge is 2.13. The van der Waals surface area contributed by atoms with E-state index in [-0.39, 0.29) is 5.56 Å². The van der Waals surface area contributed by atoms with Gasteiger partial charge in [0.05, 0.1) is 16.3 Å². The third kappa shape index (κ3) is 2.23. The zero-order valence-corrected chi connectivity index (χ0v) is 9.29. The number of aromatic carboxylic acids is 1. The van der Waals surface area contributed by atoms with Gasteiger partial charge in [-0.3, -0.25) is 4.98 Å². The first-order valence-electron chi connectivity index (χ1n) is 4.97. The lowest BCUT2D eigenvalue weighted by atomic mass is 10.0. The molecule has 0 aromatic carbocycles. The Bertz CT molecular complexity index is 457. The van der Waals surface area contributed by atoms with Crippen molar-refractivity contribution in [2.45, 2.75) is 6.42 Å². The number of carbonyl (C=O) groups is 1. The standard InChI is InChI=1S/C11H11ClN2O2/c12-9-5-8(11(15)16)6-14-10(9)7-1-3-13-4-2-7/h1,5-6,13H,2-4H2,(H,15,16). The molecular weight excluding hydrogens is 228 g/mol. The van der Waals surface area contributed by atoms with E-state index in [4.69, 9.17) is 16.7 Å². The number of aromatic nitrogens is 1. The maximum atomic E-state index is 10.7. The van der Waals surface area contributed by atoms with E-state index in [1.165, 1.54) is 12.3 Å². The maximum Gasteiger partial charge on any atom is 0.337 e. The fraction of sp³-hybridized carbons (Fsp3) is 0.273. The Morgan fingerprint density at radius 1 is 1.56 bits per heavy atom. The molecule has 0 saturated carbocycles. The van der Waals surface area contributed by atoms with Crippen molar-refractivity contribution in [1.29, 1.82) is 0 Å². The van der Waals surface area contributed by atoms with E-state index in [0.717, 1.165) is 25.1 Å². The van der Waals surface area contributed by atoms with Crippen LogP contribution < -0.4 is 5.32 Å². The van der Waals surface area contributed by atoms with Crippen molar-refractivity contribution < 1.29 is 9.90 Å². The van der Waals surface area contributed by atoms with Crippen LogP contribution in [0.3, 0.4) is 0 Å². The van der Waals surface area contributed by atoms with Crippen LogP contribution in [0.5, 0.6) is 0 Å². The van der Waals surface area contributed by atoms with Gasteiger partial charge in [-0.2, -0.15) is 0 Å². The van der Waals surface area contributed by atoms with Crippen molar-refractivity contribution >= 4 is 23.1 Å². The SMILES string of the molecule is O=C(O)c1cnc(C2=CCNCC2)c(Cl)c1. The van der Waals surface area contributed by atoms with Crippen LogP contribution in [0.15, 0.2) is 18.3 Å². The van der Waals surface area contributed by atoms with Gasteiger partial charge < -0.3 is 10.4 Å². The smallest absolute Gasteiger partial charge is 0.337 e. The summed E-state index contributed by atoms with van der Waals surface area (Å²) in [5, 5.41) is 12.4. The molecule has 2 heterocycles. The van der Waals surface area contributed by atoms with E-state index in [1.54, 1.807) is 0 Å².